The van der Waals surface area contributed by atoms with E-state index in [0.717, 1.165) is 17.8 Å². The number of hydrogen-bond donors (Lipinski definition) is 2. The number of fused-ring (bicyclic) bond motifs is 1. The number of aromatic nitrogens is 2. The zero-order valence-corrected chi connectivity index (χ0v) is 15.2. The zero-order valence-electron chi connectivity index (χ0n) is 14.5. The van der Waals surface area contributed by atoms with Crippen molar-refractivity contribution in [3.8, 4) is 17.0 Å². The number of rotatable bonds is 3. The van der Waals surface area contributed by atoms with E-state index in [0.29, 0.717) is 22.0 Å². The molecule has 9 heteroatoms. The second-order valence-corrected chi connectivity index (χ2v) is 6.48. The maximum absolute atomic E-state index is 13.7. The number of nitrogens with one attached hydrogen (secondary N) is 2. The van der Waals surface area contributed by atoms with Crippen LogP contribution in [-0.4, -0.2) is 22.1 Å². The van der Waals surface area contributed by atoms with Crippen LogP contribution in [0.3, 0.4) is 0 Å². The fourth-order valence-corrected chi connectivity index (χ4v) is 3.08. The lowest BCUT2D eigenvalue weighted by Gasteiger charge is -2.08. The van der Waals surface area contributed by atoms with Crippen LogP contribution < -0.4 is 15.4 Å². The molecule has 0 aliphatic carbocycles. The zero-order chi connectivity index (χ0) is 19.8. The summed E-state index contributed by atoms with van der Waals surface area (Å²) in [6.07, 6.45) is 2.51. The van der Waals surface area contributed by atoms with Crippen LogP contribution in [-0.2, 0) is 0 Å². The largest absolute Gasteiger partial charge is 0.469 e. The summed E-state index contributed by atoms with van der Waals surface area (Å²) in [5.74, 6) is -2.20. The van der Waals surface area contributed by atoms with Gasteiger partial charge in [0.2, 0.25) is 0 Å². The molecule has 3 aromatic rings. The second kappa shape index (κ2) is 7.05. The van der Waals surface area contributed by atoms with Crippen LogP contribution in [0.25, 0.3) is 11.3 Å². The predicted octanol–water partition coefficient (Wildman–Crippen LogP) is 4.48. The number of anilines is 2. The van der Waals surface area contributed by atoms with Gasteiger partial charge in [-0.05, 0) is 31.2 Å². The molecule has 28 heavy (non-hydrogen) atoms. The van der Waals surface area contributed by atoms with Gasteiger partial charge in [0.1, 0.15) is 22.9 Å². The summed E-state index contributed by atoms with van der Waals surface area (Å²) < 4.78 is 33.0. The standard InChI is InChI=1S/C19H13ClF2N4O2/c1-9-25-14-6-11(20)10(5-16(14)28-9)15-7-24-17(8-23-15)26-19(27)18-12(21)3-2-4-13(18)22/h2-9,25H,1H3,(H,24,26,27). The molecule has 4 rings (SSSR count). The van der Waals surface area contributed by atoms with Crippen molar-refractivity contribution in [2.24, 2.45) is 0 Å². The van der Waals surface area contributed by atoms with Crippen molar-refractivity contribution in [3.05, 3.63) is 64.9 Å². The third-order valence-corrected chi connectivity index (χ3v) is 4.40. The van der Waals surface area contributed by atoms with E-state index < -0.39 is 23.1 Å². The first-order valence-electron chi connectivity index (χ1n) is 8.27. The first-order chi connectivity index (χ1) is 13.4. The van der Waals surface area contributed by atoms with Gasteiger partial charge in [0.15, 0.2) is 12.0 Å². The van der Waals surface area contributed by atoms with Crippen molar-refractivity contribution in [2.45, 2.75) is 13.2 Å². The summed E-state index contributed by atoms with van der Waals surface area (Å²) in [5, 5.41) is 5.89. The van der Waals surface area contributed by atoms with Crippen LogP contribution in [0, 0.1) is 11.6 Å². The number of halogens is 3. The smallest absolute Gasteiger partial charge is 0.262 e. The lowest BCUT2D eigenvalue weighted by molar-refractivity contribution is 0.101. The summed E-state index contributed by atoms with van der Waals surface area (Å²) in [4.78, 5) is 20.4. The third kappa shape index (κ3) is 3.34. The van der Waals surface area contributed by atoms with Crippen LogP contribution in [0.2, 0.25) is 5.02 Å². The van der Waals surface area contributed by atoms with Crippen LogP contribution in [0.4, 0.5) is 20.3 Å². The fraction of sp³-hybridized carbons (Fsp3) is 0.105. The molecular weight excluding hydrogens is 390 g/mol. The third-order valence-electron chi connectivity index (χ3n) is 4.09. The van der Waals surface area contributed by atoms with Crippen molar-refractivity contribution in [3.63, 3.8) is 0 Å². The number of ether oxygens (including phenoxy) is 1. The van der Waals surface area contributed by atoms with E-state index in [9.17, 15) is 13.6 Å². The van der Waals surface area contributed by atoms with Crippen LogP contribution >= 0.6 is 11.6 Å². The Hall–Kier alpha value is -3.26. The monoisotopic (exact) mass is 402 g/mol. The molecule has 2 aromatic carbocycles. The molecule has 0 spiro atoms. The highest BCUT2D eigenvalue weighted by Crippen LogP contribution is 2.39. The van der Waals surface area contributed by atoms with E-state index in [4.69, 9.17) is 16.3 Å². The van der Waals surface area contributed by atoms with Gasteiger partial charge >= 0.3 is 0 Å². The fourth-order valence-electron chi connectivity index (χ4n) is 2.82. The Morgan fingerprint density at radius 2 is 1.96 bits per heavy atom. The molecule has 6 nitrogen and oxygen atoms in total. The first kappa shape index (κ1) is 18.1. The molecule has 1 atom stereocenters. The van der Waals surface area contributed by atoms with E-state index in [1.165, 1.54) is 18.5 Å². The van der Waals surface area contributed by atoms with E-state index in [1.807, 2.05) is 6.92 Å². The molecule has 2 N–H and O–H groups in total. The van der Waals surface area contributed by atoms with Crippen molar-refractivity contribution < 1.29 is 18.3 Å². The maximum atomic E-state index is 13.7. The van der Waals surface area contributed by atoms with Gasteiger partial charge in [0.05, 0.1) is 28.8 Å². The lowest BCUT2D eigenvalue weighted by atomic mass is 10.1. The molecular formula is C19H13ClF2N4O2. The molecule has 0 radical (unpaired) electrons. The molecule has 1 aliphatic heterocycles. The van der Waals surface area contributed by atoms with E-state index in [1.54, 1.807) is 12.1 Å². The molecule has 1 unspecified atom stereocenters. The minimum atomic E-state index is -0.963. The van der Waals surface area contributed by atoms with Gasteiger partial charge in [0, 0.05) is 5.56 Å². The predicted molar refractivity (Wildman–Crippen MR) is 101 cm³/mol. The number of amides is 1. The highest BCUT2D eigenvalue weighted by molar-refractivity contribution is 6.33. The van der Waals surface area contributed by atoms with Gasteiger partial charge in [-0.1, -0.05) is 17.7 Å². The summed E-state index contributed by atoms with van der Waals surface area (Å²) in [7, 11) is 0. The molecule has 1 amide bonds. The lowest BCUT2D eigenvalue weighted by Crippen LogP contribution is -2.16. The molecule has 0 bridgehead atoms. The van der Waals surface area contributed by atoms with Crippen molar-refractivity contribution in [1.82, 2.24) is 9.97 Å². The number of hydrogen-bond acceptors (Lipinski definition) is 5. The van der Waals surface area contributed by atoms with Gasteiger partial charge in [-0.2, -0.15) is 0 Å². The van der Waals surface area contributed by atoms with E-state index in [-0.39, 0.29) is 12.0 Å². The summed E-state index contributed by atoms with van der Waals surface area (Å²) in [5.41, 5.74) is 1.15. The second-order valence-electron chi connectivity index (χ2n) is 6.07. The van der Waals surface area contributed by atoms with Crippen LogP contribution in [0.15, 0.2) is 42.7 Å². The van der Waals surface area contributed by atoms with Gasteiger partial charge in [-0.3, -0.25) is 9.78 Å². The summed E-state index contributed by atoms with van der Waals surface area (Å²) in [6, 6.07) is 6.65. The Kier molecular flexibility index (Phi) is 4.56. The topological polar surface area (TPSA) is 76.1 Å². The minimum absolute atomic E-state index is 0.0419. The number of benzene rings is 2. The average molecular weight is 403 g/mol. The SMILES string of the molecule is CC1Nc2cc(Cl)c(-c3cnc(NC(=O)c4c(F)cccc4F)cn3)cc2O1. The molecule has 2 heterocycles. The maximum Gasteiger partial charge on any atom is 0.262 e. The Labute approximate surface area is 163 Å². The van der Waals surface area contributed by atoms with Gasteiger partial charge in [0.25, 0.3) is 5.91 Å². The Morgan fingerprint density at radius 3 is 2.64 bits per heavy atom. The van der Waals surface area contributed by atoms with Crippen molar-refractivity contribution in [1.29, 1.82) is 0 Å². The minimum Gasteiger partial charge on any atom is -0.469 e. The Morgan fingerprint density at radius 1 is 1.21 bits per heavy atom. The van der Waals surface area contributed by atoms with Crippen LogP contribution in [0.1, 0.15) is 17.3 Å². The van der Waals surface area contributed by atoms with Crippen LogP contribution in [0.5, 0.6) is 5.75 Å². The quantitative estimate of drug-likeness (QED) is 0.675. The molecule has 0 saturated carbocycles. The molecule has 1 aliphatic rings. The summed E-state index contributed by atoms with van der Waals surface area (Å²) in [6.45, 7) is 1.86. The molecule has 1 aromatic heterocycles. The highest BCUT2D eigenvalue weighted by atomic mass is 35.5. The van der Waals surface area contributed by atoms with E-state index in [2.05, 4.69) is 20.6 Å². The van der Waals surface area contributed by atoms with Crippen molar-refractivity contribution >= 4 is 29.0 Å². The Bertz CT molecular complexity index is 1060. The molecule has 0 fully saturated rings. The first-order valence-corrected chi connectivity index (χ1v) is 8.64. The molecule has 142 valence electrons. The summed E-state index contributed by atoms with van der Waals surface area (Å²) >= 11 is 6.31. The number of carbonyl (C=O) groups excluding carboxylic acids is 1. The number of nitrogens with zero attached hydrogens (tertiary/aromatic N) is 2. The van der Waals surface area contributed by atoms with Gasteiger partial charge < -0.3 is 15.4 Å². The van der Waals surface area contributed by atoms with E-state index >= 15 is 0 Å². The normalized spacial score (nSPS) is 14.8. The Balaban J connectivity index is 1.57. The van der Waals surface area contributed by atoms with Gasteiger partial charge in [-0.15, -0.1) is 0 Å². The molecule has 0 saturated heterocycles. The average Bonchev–Trinajstić information content (AvgIpc) is 3.00. The number of carbonyl (C=O) groups is 1. The van der Waals surface area contributed by atoms with Crippen molar-refractivity contribution in [2.75, 3.05) is 10.6 Å². The van der Waals surface area contributed by atoms with Gasteiger partial charge in [-0.25, -0.2) is 13.8 Å². The highest BCUT2D eigenvalue weighted by Gasteiger charge is 2.21.